The Morgan fingerprint density at radius 3 is 2.50 bits per heavy atom. The molecular formula is C18H32ClNO3Si. The van der Waals surface area contributed by atoms with E-state index in [1.807, 2.05) is 12.1 Å². The predicted octanol–water partition coefficient (Wildman–Crippen LogP) is 4.08. The molecule has 4 nitrogen and oxygen atoms in total. The molecule has 0 heterocycles. The van der Waals surface area contributed by atoms with Crippen molar-refractivity contribution < 1.29 is 14.3 Å². The van der Waals surface area contributed by atoms with Gasteiger partial charge in [0, 0.05) is 24.2 Å². The first kappa shape index (κ1) is 21.4. The highest BCUT2D eigenvalue weighted by atomic mass is 35.5. The summed E-state index contributed by atoms with van der Waals surface area (Å²) in [5, 5.41) is 14.2. The molecule has 138 valence electrons. The summed E-state index contributed by atoms with van der Waals surface area (Å²) in [6.45, 7) is 14.6. The third kappa shape index (κ3) is 7.53. The molecule has 0 saturated heterocycles. The van der Waals surface area contributed by atoms with Gasteiger partial charge in [-0.25, -0.2) is 0 Å². The van der Waals surface area contributed by atoms with Crippen LogP contribution in [0, 0.1) is 0 Å². The van der Waals surface area contributed by atoms with Gasteiger partial charge in [-0.05, 0) is 43.3 Å². The smallest absolute Gasteiger partial charge is 0.192 e. The molecule has 0 saturated carbocycles. The number of hydrogen-bond donors (Lipinski definition) is 2. The number of nitrogens with one attached hydrogen (secondary N) is 1. The lowest BCUT2D eigenvalue weighted by molar-refractivity contribution is 0.101. The maximum Gasteiger partial charge on any atom is 0.192 e. The van der Waals surface area contributed by atoms with Gasteiger partial charge in [-0.2, -0.15) is 0 Å². The van der Waals surface area contributed by atoms with Crippen LogP contribution < -0.4 is 10.1 Å². The molecule has 1 aromatic carbocycles. The van der Waals surface area contributed by atoms with E-state index in [9.17, 15) is 5.11 Å². The molecule has 0 aliphatic rings. The molecular weight excluding hydrogens is 342 g/mol. The fraction of sp³-hybridized carbons (Fsp3) is 0.667. The molecule has 6 heteroatoms. The highest BCUT2D eigenvalue weighted by molar-refractivity contribution is 6.74. The Morgan fingerprint density at radius 2 is 1.92 bits per heavy atom. The molecule has 2 N–H and O–H groups in total. The van der Waals surface area contributed by atoms with Crippen LogP contribution in [0.3, 0.4) is 0 Å². The van der Waals surface area contributed by atoms with E-state index in [2.05, 4.69) is 46.1 Å². The van der Waals surface area contributed by atoms with Gasteiger partial charge < -0.3 is 19.6 Å². The normalized spacial score (nSPS) is 15.2. The van der Waals surface area contributed by atoms with E-state index >= 15 is 0 Å². The summed E-state index contributed by atoms with van der Waals surface area (Å²) in [6, 6.07) is 7.35. The zero-order valence-electron chi connectivity index (χ0n) is 15.7. The summed E-state index contributed by atoms with van der Waals surface area (Å²) in [5.41, 5.74) is 0. The van der Waals surface area contributed by atoms with Crippen LogP contribution in [-0.2, 0) is 4.43 Å². The Morgan fingerprint density at radius 1 is 1.25 bits per heavy atom. The van der Waals surface area contributed by atoms with Gasteiger partial charge in [0.25, 0.3) is 0 Å². The van der Waals surface area contributed by atoms with Crippen LogP contribution in [0.25, 0.3) is 0 Å². The molecule has 0 amide bonds. The van der Waals surface area contributed by atoms with Gasteiger partial charge in [-0.1, -0.05) is 38.4 Å². The summed E-state index contributed by atoms with van der Waals surface area (Å²) >= 11 is 5.90. The van der Waals surface area contributed by atoms with Crippen molar-refractivity contribution in [2.45, 2.75) is 58.0 Å². The lowest BCUT2D eigenvalue weighted by atomic mass is 10.2. The van der Waals surface area contributed by atoms with E-state index in [1.165, 1.54) is 0 Å². The van der Waals surface area contributed by atoms with Crippen molar-refractivity contribution in [1.29, 1.82) is 0 Å². The summed E-state index contributed by atoms with van der Waals surface area (Å²) in [5.74, 6) is 0.663. The van der Waals surface area contributed by atoms with Gasteiger partial charge in [0.2, 0.25) is 0 Å². The minimum atomic E-state index is -1.73. The van der Waals surface area contributed by atoms with Crippen molar-refractivity contribution >= 4 is 19.9 Å². The van der Waals surface area contributed by atoms with E-state index in [0.29, 0.717) is 23.9 Å². The molecule has 0 spiro atoms. The minimum absolute atomic E-state index is 0.181. The van der Waals surface area contributed by atoms with Crippen LogP contribution in [0.4, 0.5) is 0 Å². The number of rotatable bonds is 9. The molecule has 0 aliphatic carbocycles. The third-order valence-corrected chi connectivity index (χ3v) is 9.18. The zero-order valence-corrected chi connectivity index (χ0v) is 17.5. The van der Waals surface area contributed by atoms with Crippen LogP contribution in [0.2, 0.25) is 23.2 Å². The van der Waals surface area contributed by atoms with E-state index in [-0.39, 0.29) is 17.7 Å². The van der Waals surface area contributed by atoms with Crippen LogP contribution in [0.5, 0.6) is 5.75 Å². The second kappa shape index (κ2) is 9.20. The van der Waals surface area contributed by atoms with Crippen molar-refractivity contribution in [3.8, 4) is 5.75 Å². The monoisotopic (exact) mass is 373 g/mol. The lowest BCUT2D eigenvalue weighted by Crippen LogP contribution is -2.45. The maximum absolute atomic E-state index is 10.0. The molecule has 0 fully saturated rings. The van der Waals surface area contributed by atoms with Gasteiger partial charge in [-0.3, -0.25) is 0 Å². The molecule has 1 rings (SSSR count). The lowest BCUT2D eigenvalue weighted by Gasteiger charge is -2.37. The van der Waals surface area contributed by atoms with Crippen molar-refractivity contribution in [3.05, 3.63) is 29.3 Å². The average molecular weight is 374 g/mol. The summed E-state index contributed by atoms with van der Waals surface area (Å²) in [6.07, 6.45) is -0.584. The highest BCUT2D eigenvalue weighted by Crippen LogP contribution is 2.36. The predicted molar refractivity (Wildman–Crippen MR) is 104 cm³/mol. The number of aliphatic hydroxyl groups is 1. The van der Waals surface area contributed by atoms with E-state index < -0.39 is 14.4 Å². The molecule has 2 atom stereocenters. The van der Waals surface area contributed by atoms with E-state index in [4.69, 9.17) is 20.8 Å². The largest absolute Gasteiger partial charge is 0.491 e. The standard InChI is InChI=1S/C18H32ClNO3Si/c1-14(12-23-24(5,6)18(2,3)4)20-11-16(21)13-22-17-9-7-8-15(19)10-17/h7-10,14,16,20-21H,11-13H2,1-6H3/t14-,16+/m0/s1. The third-order valence-electron chi connectivity index (χ3n) is 4.44. The minimum Gasteiger partial charge on any atom is -0.491 e. The first-order valence-corrected chi connectivity index (χ1v) is 11.7. The fourth-order valence-electron chi connectivity index (χ4n) is 1.75. The Labute approximate surface area is 152 Å². The maximum atomic E-state index is 10.0. The summed E-state index contributed by atoms with van der Waals surface area (Å²) in [7, 11) is -1.73. The Kier molecular flexibility index (Phi) is 8.22. The van der Waals surface area contributed by atoms with Crippen LogP contribution in [0.15, 0.2) is 24.3 Å². The Bertz CT molecular complexity index is 505. The van der Waals surface area contributed by atoms with E-state index in [0.717, 1.165) is 0 Å². The van der Waals surface area contributed by atoms with Gasteiger partial charge in [0.05, 0.1) is 0 Å². The fourth-order valence-corrected chi connectivity index (χ4v) is 3.03. The topological polar surface area (TPSA) is 50.7 Å². The van der Waals surface area contributed by atoms with Crippen LogP contribution >= 0.6 is 11.6 Å². The van der Waals surface area contributed by atoms with Crippen LogP contribution in [0.1, 0.15) is 27.7 Å². The van der Waals surface area contributed by atoms with Gasteiger partial charge in [-0.15, -0.1) is 0 Å². The summed E-state index contributed by atoms with van der Waals surface area (Å²) in [4.78, 5) is 0. The van der Waals surface area contributed by atoms with Crippen LogP contribution in [-0.4, -0.2) is 45.3 Å². The first-order chi connectivity index (χ1) is 11.0. The quantitative estimate of drug-likeness (QED) is 0.640. The molecule has 0 unspecified atom stereocenters. The second-order valence-corrected chi connectivity index (χ2v) is 13.0. The van der Waals surface area contributed by atoms with Crippen molar-refractivity contribution in [1.82, 2.24) is 5.32 Å². The van der Waals surface area contributed by atoms with Crippen molar-refractivity contribution in [3.63, 3.8) is 0 Å². The second-order valence-electron chi connectivity index (χ2n) is 7.80. The molecule has 0 bridgehead atoms. The average Bonchev–Trinajstić information content (AvgIpc) is 2.48. The van der Waals surface area contributed by atoms with Crippen molar-refractivity contribution in [2.75, 3.05) is 19.8 Å². The number of ether oxygens (including phenoxy) is 1. The summed E-state index contributed by atoms with van der Waals surface area (Å²) < 4.78 is 11.7. The van der Waals surface area contributed by atoms with Crippen molar-refractivity contribution in [2.24, 2.45) is 0 Å². The van der Waals surface area contributed by atoms with Gasteiger partial charge >= 0.3 is 0 Å². The number of halogens is 1. The van der Waals surface area contributed by atoms with Gasteiger partial charge in [0.15, 0.2) is 8.32 Å². The highest BCUT2D eigenvalue weighted by Gasteiger charge is 2.37. The first-order valence-electron chi connectivity index (χ1n) is 8.45. The number of benzene rings is 1. The van der Waals surface area contributed by atoms with Gasteiger partial charge in [0.1, 0.15) is 18.5 Å². The SMILES string of the molecule is C[C@@H](CO[Si](C)(C)C(C)(C)C)NC[C@@H](O)COc1cccc(Cl)c1. The number of aliphatic hydroxyl groups excluding tert-OH is 1. The Hall–Kier alpha value is -0.593. The molecule has 0 radical (unpaired) electrons. The zero-order chi connectivity index (χ0) is 18.4. The number of hydrogen-bond acceptors (Lipinski definition) is 4. The molecule has 1 aromatic rings. The molecule has 0 aliphatic heterocycles. The molecule has 24 heavy (non-hydrogen) atoms. The Balaban J connectivity index is 2.27. The molecule has 0 aromatic heterocycles. The van der Waals surface area contributed by atoms with E-state index in [1.54, 1.807) is 12.1 Å².